The molecule has 1 aliphatic heterocycles. The largest absolute Gasteiger partial charge is 0.480 e. The Kier molecular flexibility index (Phi) is 4.82. The Morgan fingerprint density at radius 3 is 2.34 bits per heavy atom. The minimum atomic E-state index is -4.72. The Labute approximate surface area is 174 Å². The third-order valence-corrected chi connectivity index (χ3v) is 5.93. The lowest BCUT2D eigenvalue weighted by Crippen LogP contribution is -2.42. The summed E-state index contributed by atoms with van der Waals surface area (Å²) in [7, 11) is 0. The van der Waals surface area contributed by atoms with E-state index in [1.165, 1.54) is 24.3 Å². The zero-order chi connectivity index (χ0) is 21.0. The number of halogens is 5. The molecular formula is C21H15Cl2F3O3. The molecule has 2 aromatic rings. The zero-order valence-corrected chi connectivity index (χ0v) is 16.5. The molecule has 0 spiro atoms. The van der Waals surface area contributed by atoms with Crippen LogP contribution in [0.4, 0.5) is 13.2 Å². The predicted octanol–water partition coefficient (Wildman–Crippen LogP) is 6.40. The fraction of sp³-hybridized carbons (Fsp3) is 0.286. The van der Waals surface area contributed by atoms with Crippen LogP contribution in [0.1, 0.15) is 45.5 Å². The van der Waals surface area contributed by atoms with E-state index in [0.717, 1.165) is 18.2 Å². The van der Waals surface area contributed by atoms with Crippen molar-refractivity contribution < 1.29 is 27.8 Å². The topological polar surface area (TPSA) is 46.5 Å². The molecule has 1 heterocycles. The van der Waals surface area contributed by atoms with E-state index in [2.05, 4.69) is 0 Å². The Morgan fingerprint density at radius 1 is 1.07 bits per heavy atom. The lowest BCUT2D eigenvalue weighted by atomic mass is 9.84. The molecule has 3 nitrogen and oxygen atoms in total. The molecule has 0 bridgehead atoms. The maximum Gasteiger partial charge on any atom is 0.432 e. The van der Waals surface area contributed by atoms with Crippen LogP contribution in [0.5, 0.6) is 0 Å². The van der Waals surface area contributed by atoms with Crippen molar-refractivity contribution in [2.24, 2.45) is 0 Å². The smallest absolute Gasteiger partial charge is 0.432 e. The highest BCUT2D eigenvalue weighted by atomic mass is 35.5. The molecule has 2 aliphatic rings. The van der Waals surface area contributed by atoms with Gasteiger partial charge < -0.3 is 9.84 Å². The lowest BCUT2D eigenvalue weighted by molar-refractivity contribution is -0.260. The molecule has 152 valence electrons. The quantitative estimate of drug-likeness (QED) is 0.597. The van der Waals surface area contributed by atoms with Gasteiger partial charge in [-0.05, 0) is 65.8 Å². The second-order valence-corrected chi connectivity index (χ2v) is 8.07. The van der Waals surface area contributed by atoms with E-state index in [0.29, 0.717) is 29.5 Å². The van der Waals surface area contributed by atoms with Gasteiger partial charge in [-0.25, -0.2) is 4.79 Å². The summed E-state index contributed by atoms with van der Waals surface area (Å²) in [6.07, 6.45) is -2.08. The molecule has 2 aromatic carbocycles. The number of carbonyl (C=O) groups is 1. The van der Waals surface area contributed by atoms with Gasteiger partial charge in [0.2, 0.25) is 5.60 Å². The van der Waals surface area contributed by atoms with E-state index >= 15 is 0 Å². The first-order valence-corrected chi connectivity index (χ1v) is 9.66. The number of ether oxygens (including phenoxy) is 1. The number of carboxylic acid groups (broad SMARTS) is 1. The van der Waals surface area contributed by atoms with E-state index in [1.54, 1.807) is 6.07 Å². The zero-order valence-electron chi connectivity index (χ0n) is 14.9. The van der Waals surface area contributed by atoms with Crippen molar-refractivity contribution in [1.29, 1.82) is 0 Å². The molecule has 0 fully saturated rings. The van der Waals surface area contributed by atoms with Gasteiger partial charge in [0.25, 0.3) is 0 Å². The molecule has 29 heavy (non-hydrogen) atoms. The van der Waals surface area contributed by atoms with Gasteiger partial charge in [-0.15, -0.1) is 0 Å². The molecule has 4 rings (SSSR count). The summed E-state index contributed by atoms with van der Waals surface area (Å²) in [4.78, 5) is 11.5. The molecule has 1 aliphatic carbocycles. The number of hydrogen-bond donors (Lipinski definition) is 1. The molecule has 8 heteroatoms. The van der Waals surface area contributed by atoms with Crippen molar-refractivity contribution in [2.45, 2.75) is 37.5 Å². The average Bonchev–Trinajstić information content (AvgIpc) is 3.27. The highest BCUT2D eigenvalue weighted by molar-refractivity contribution is 6.34. The van der Waals surface area contributed by atoms with Gasteiger partial charge in [0.05, 0.1) is 11.8 Å². The molecule has 0 saturated heterocycles. The SMILES string of the molecule is O=C(O)c1ccc(C2=COC(c3cc(Cl)cc(Cl)c3)(C(F)(F)F)C2)c2c1CCC2. The Balaban J connectivity index is 1.79. The summed E-state index contributed by atoms with van der Waals surface area (Å²) in [6.45, 7) is 0. The van der Waals surface area contributed by atoms with Gasteiger partial charge in [-0.1, -0.05) is 29.3 Å². The van der Waals surface area contributed by atoms with Gasteiger partial charge in [-0.3, -0.25) is 0 Å². The molecule has 0 aromatic heterocycles. The lowest BCUT2D eigenvalue weighted by Gasteiger charge is -2.32. The predicted molar refractivity (Wildman–Crippen MR) is 103 cm³/mol. The van der Waals surface area contributed by atoms with Crippen LogP contribution in [0, 0.1) is 0 Å². The van der Waals surface area contributed by atoms with Gasteiger partial charge in [0.1, 0.15) is 0 Å². The van der Waals surface area contributed by atoms with E-state index < -0.39 is 24.2 Å². The van der Waals surface area contributed by atoms with Crippen molar-refractivity contribution in [3.05, 3.63) is 74.5 Å². The maximum absolute atomic E-state index is 14.2. The number of rotatable bonds is 3. The van der Waals surface area contributed by atoms with Crippen molar-refractivity contribution in [3.8, 4) is 0 Å². The van der Waals surface area contributed by atoms with Crippen molar-refractivity contribution in [3.63, 3.8) is 0 Å². The Bertz CT molecular complexity index is 1030. The van der Waals surface area contributed by atoms with Gasteiger partial charge in [0.15, 0.2) is 0 Å². The molecule has 0 radical (unpaired) electrons. The third kappa shape index (κ3) is 3.28. The fourth-order valence-corrected chi connectivity index (χ4v) is 4.70. The van der Waals surface area contributed by atoms with Gasteiger partial charge in [0, 0.05) is 22.0 Å². The standard InChI is InChI=1S/C21H15Cl2F3O3/c22-13-6-12(7-14(23)8-13)20(21(24,25)26)9-11(10-29-20)15-4-5-18(19(27)28)17-3-1-2-16(15)17/h4-8,10H,1-3,9H2,(H,27,28). The summed E-state index contributed by atoms with van der Waals surface area (Å²) in [5, 5.41) is 9.55. The first-order chi connectivity index (χ1) is 13.6. The van der Waals surface area contributed by atoms with Crippen LogP contribution < -0.4 is 0 Å². The monoisotopic (exact) mass is 442 g/mol. The minimum absolute atomic E-state index is 0.0832. The molecule has 1 N–H and O–H groups in total. The molecule has 0 saturated carbocycles. The van der Waals surface area contributed by atoms with Crippen LogP contribution in [-0.2, 0) is 23.2 Å². The van der Waals surface area contributed by atoms with E-state index in [9.17, 15) is 23.1 Å². The van der Waals surface area contributed by atoms with Crippen molar-refractivity contribution >= 4 is 34.7 Å². The average molecular weight is 443 g/mol. The van der Waals surface area contributed by atoms with E-state index in [-0.39, 0.29) is 21.2 Å². The maximum atomic E-state index is 14.2. The molecule has 1 unspecified atom stereocenters. The second-order valence-electron chi connectivity index (χ2n) is 7.20. The number of hydrogen-bond acceptors (Lipinski definition) is 2. The molecule has 0 amide bonds. The summed E-state index contributed by atoms with van der Waals surface area (Å²) in [5.41, 5.74) is -0.145. The second kappa shape index (κ2) is 6.96. The Morgan fingerprint density at radius 2 is 1.72 bits per heavy atom. The van der Waals surface area contributed by atoms with Crippen molar-refractivity contribution in [1.82, 2.24) is 0 Å². The number of benzene rings is 2. The fourth-order valence-electron chi connectivity index (χ4n) is 4.18. The van der Waals surface area contributed by atoms with Crippen LogP contribution in [0.2, 0.25) is 10.0 Å². The van der Waals surface area contributed by atoms with Crippen LogP contribution in [0.3, 0.4) is 0 Å². The minimum Gasteiger partial charge on any atom is -0.480 e. The molecular weight excluding hydrogens is 428 g/mol. The highest BCUT2D eigenvalue weighted by Crippen LogP contribution is 2.53. The van der Waals surface area contributed by atoms with Crippen LogP contribution in [0.25, 0.3) is 5.57 Å². The van der Waals surface area contributed by atoms with E-state index in [4.69, 9.17) is 27.9 Å². The van der Waals surface area contributed by atoms with Gasteiger partial charge >= 0.3 is 12.1 Å². The summed E-state index contributed by atoms with van der Waals surface area (Å²) in [5.74, 6) is -1.04. The summed E-state index contributed by atoms with van der Waals surface area (Å²) >= 11 is 11.9. The Hall–Kier alpha value is -2.18. The first-order valence-electron chi connectivity index (χ1n) is 8.91. The first kappa shape index (κ1) is 20.1. The molecule has 1 atom stereocenters. The van der Waals surface area contributed by atoms with Crippen LogP contribution in [-0.4, -0.2) is 17.3 Å². The number of carboxylic acids is 1. The number of alkyl halides is 3. The van der Waals surface area contributed by atoms with Crippen molar-refractivity contribution in [2.75, 3.05) is 0 Å². The number of aromatic carboxylic acids is 1. The summed E-state index contributed by atoms with van der Waals surface area (Å²) < 4.78 is 47.8. The van der Waals surface area contributed by atoms with E-state index in [1.807, 2.05) is 0 Å². The normalized spacial score (nSPS) is 20.9. The summed E-state index contributed by atoms with van der Waals surface area (Å²) in [6, 6.07) is 6.79. The third-order valence-electron chi connectivity index (χ3n) is 5.49. The van der Waals surface area contributed by atoms with Crippen LogP contribution in [0.15, 0.2) is 36.6 Å². The van der Waals surface area contributed by atoms with Crippen LogP contribution >= 0.6 is 23.2 Å². The highest BCUT2D eigenvalue weighted by Gasteiger charge is 2.60. The van der Waals surface area contributed by atoms with Gasteiger partial charge in [-0.2, -0.15) is 13.2 Å². The number of fused-ring (bicyclic) bond motifs is 1.